The molecule has 0 unspecified atom stereocenters. The fourth-order valence-electron chi connectivity index (χ4n) is 1.17. The number of rotatable bonds is 7. The number of ether oxygens (including phenoxy) is 1. The van der Waals surface area contributed by atoms with Crippen molar-refractivity contribution in [1.82, 2.24) is 10.2 Å². The lowest BCUT2D eigenvalue weighted by atomic mass is 10.1. The lowest BCUT2D eigenvalue weighted by molar-refractivity contribution is -0.123. The smallest absolute Gasteiger partial charge is 0.234 e. The quantitative estimate of drug-likeness (QED) is 0.599. The summed E-state index contributed by atoms with van der Waals surface area (Å²) in [7, 11) is 1.87. The molecule has 0 radical (unpaired) electrons. The Morgan fingerprint density at radius 3 is 2.50 bits per heavy atom. The van der Waals surface area contributed by atoms with Crippen molar-refractivity contribution in [2.24, 2.45) is 0 Å². The molecule has 0 saturated heterocycles. The van der Waals surface area contributed by atoms with Crippen LogP contribution in [0.5, 0.6) is 0 Å². The van der Waals surface area contributed by atoms with Gasteiger partial charge in [0.1, 0.15) is 0 Å². The predicted octanol–water partition coefficient (Wildman–Crippen LogP) is -0.158. The molecule has 0 aromatic heterocycles. The normalized spacial score (nSPS) is 11.9. The Kier molecular flexibility index (Phi) is 7.29. The van der Waals surface area contributed by atoms with Crippen LogP contribution in [0.3, 0.4) is 0 Å². The van der Waals surface area contributed by atoms with Gasteiger partial charge in [-0.1, -0.05) is 0 Å². The van der Waals surface area contributed by atoms with Gasteiger partial charge in [-0.05, 0) is 27.8 Å². The Morgan fingerprint density at radius 2 is 2.00 bits per heavy atom. The fourth-order valence-corrected chi connectivity index (χ4v) is 1.17. The van der Waals surface area contributed by atoms with Crippen LogP contribution in [0, 0.1) is 0 Å². The molecule has 0 bridgehead atoms. The van der Waals surface area contributed by atoms with Crippen LogP contribution in [0.25, 0.3) is 0 Å². The summed E-state index contributed by atoms with van der Waals surface area (Å²) in [4.78, 5) is 13.4. The van der Waals surface area contributed by atoms with Gasteiger partial charge in [-0.25, -0.2) is 0 Å². The van der Waals surface area contributed by atoms with Gasteiger partial charge in [0.25, 0.3) is 0 Å². The van der Waals surface area contributed by atoms with E-state index in [0.29, 0.717) is 26.3 Å². The third-order valence-electron chi connectivity index (χ3n) is 1.78. The molecular weight excluding hydrogens is 208 g/mol. The highest BCUT2D eigenvalue weighted by Crippen LogP contribution is 1.98. The Labute approximate surface area is 97.8 Å². The van der Waals surface area contributed by atoms with E-state index in [1.54, 1.807) is 0 Å². The van der Waals surface area contributed by atoms with Gasteiger partial charge in [-0.3, -0.25) is 9.69 Å². The molecule has 0 atom stereocenters. The minimum atomic E-state index is -0.189. The molecule has 96 valence electrons. The van der Waals surface area contributed by atoms with Crippen LogP contribution < -0.4 is 5.32 Å². The molecule has 0 aliphatic rings. The summed E-state index contributed by atoms with van der Waals surface area (Å²) in [6, 6.07) is 0. The van der Waals surface area contributed by atoms with Crippen molar-refractivity contribution >= 4 is 5.91 Å². The lowest BCUT2D eigenvalue weighted by Gasteiger charge is -2.23. The first-order chi connectivity index (χ1) is 7.35. The van der Waals surface area contributed by atoms with Crippen LogP contribution in [-0.4, -0.2) is 61.4 Å². The van der Waals surface area contributed by atoms with Gasteiger partial charge in [-0.2, -0.15) is 0 Å². The molecule has 0 aliphatic heterocycles. The Balaban J connectivity index is 3.62. The average Bonchev–Trinajstić information content (AvgIpc) is 2.09. The van der Waals surface area contributed by atoms with Crippen molar-refractivity contribution < 1.29 is 14.6 Å². The zero-order chi connectivity index (χ0) is 12.6. The van der Waals surface area contributed by atoms with Crippen LogP contribution in [0.2, 0.25) is 0 Å². The topological polar surface area (TPSA) is 61.8 Å². The number of hydrogen-bond acceptors (Lipinski definition) is 4. The van der Waals surface area contributed by atoms with E-state index in [-0.39, 0.29) is 18.1 Å². The highest BCUT2D eigenvalue weighted by molar-refractivity contribution is 5.78. The van der Waals surface area contributed by atoms with Crippen molar-refractivity contribution in [3.05, 3.63) is 0 Å². The zero-order valence-electron chi connectivity index (χ0n) is 10.7. The molecule has 0 fully saturated rings. The third kappa shape index (κ3) is 9.89. The van der Waals surface area contributed by atoms with Crippen molar-refractivity contribution in [2.45, 2.75) is 26.3 Å². The van der Waals surface area contributed by atoms with Gasteiger partial charge in [0.2, 0.25) is 5.91 Å². The monoisotopic (exact) mass is 232 g/mol. The molecule has 0 spiro atoms. The van der Waals surface area contributed by atoms with E-state index >= 15 is 0 Å². The second kappa shape index (κ2) is 7.60. The standard InChI is InChI=1S/C11H24N2O3/c1-11(2,3)12-10(15)9-13(4)5-7-16-8-6-14/h14H,5-9H2,1-4H3,(H,12,15). The molecule has 0 heterocycles. The molecule has 5 heteroatoms. The summed E-state index contributed by atoms with van der Waals surface area (Å²) in [5.41, 5.74) is -0.189. The summed E-state index contributed by atoms with van der Waals surface area (Å²) in [6.07, 6.45) is 0. The summed E-state index contributed by atoms with van der Waals surface area (Å²) in [5.74, 6) is 0.0113. The summed E-state index contributed by atoms with van der Waals surface area (Å²) in [5, 5.41) is 11.4. The molecule has 16 heavy (non-hydrogen) atoms. The molecular formula is C11H24N2O3. The van der Waals surface area contributed by atoms with Gasteiger partial charge >= 0.3 is 0 Å². The predicted molar refractivity (Wildman–Crippen MR) is 63.3 cm³/mol. The van der Waals surface area contributed by atoms with Gasteiger partial charge in [0.05, 0.1) is 26.4 Å². The van der Waals surface area contributed by atoms with Gasteiger partial charge in [-0.15, -0.1) is 0 Å². The van der Waals surface area contributed by atoms with Crippen LogP contribution in [0.15, 0.2) is 0 Å². The van der Waals surface area contributed by atoms with Crippen molar-refractivity contribution in [2.75, 3.05) is 40.0 Å². The molecule has 5 nitrogen and oxygen atoms in total. The SMILES string of the molecule is CN(CCOCCO)CC(=O)NC(C)(C)C. The van der Waals surface area contributed by atoms with E-state index in [4.69, 9.17) is 9.84 Å². The largest absolute Gasteiger partial charge is 0.394 e. The highest BCUT2D eigenvalue weighted by atomic mass is 16.5. The number of aliphatic hydroxyl groups is 1. The van der Waals surface area contributed by atoms with Crippen molar-refractivity contribution in [3.8, 4) is 0 Å². The first-order valence-electron chi connectivity index (χ1n) is 5.53. The summed E-state index contributed by atoms with van der Waals surface area (Å²) in [6.45, 7) is 7.81. The summed E-state index contributed by atoms with van der Waals surface area (Å²) < 4.78 is 5.11. The van der Waals surface area contributed by atoms with Crippen molar-refractivity contribution in [1.29, 1.82) is 0 Å². The van der Waals surface area contributed by atoms with Gasteiger partial charge < -0.3 is 15.2 Å². The van der Waals surface area contributed by atoms with Crippen LogP contribution in [0.1, 0.15) is 20.8 Å². The molecule has 0 aromatic rings. The third-order valence-corrected chi connectivity index (χ3v) is 1.78. The number of nitrogens with one attached hydrogen (secondary N) is 1. The second-order valence-electron chi connectivity index (χ2n) is 4.87. The number of likely N-dealkylation sites (N-methyl/N-ethyl adjacent to an activating group) is 1. The zero-order valence-corrected chi connectivity index (χ0v) is 10.7. The van der Waals surface area contributed by atoms with Gasteiger partial charge in [0.15, 0.2) is 0 Å². The number of carbonyl (C=O) groups excluding carboxylic acids is 1. The van der Waals surface area contributed by atoms with E-state index in [0.717, 1.165) is 0 Å². The number of hydrogen-bond donors (Lipinski definition) is 2. The maximum atomic E-state index is 11.5. The van der Waals surface area contributed by atoms with E-state index in [1.807, 2.05) is 32.7 Å². The van der Waals surface area contributed by atoms with E-state index < -0.39 is 0 Å². The fraction of sp³-hybridized carbons (Fsp3) is 0.909. The Hall–Kier alpha value is -0.650. The van der Waals surface area contributed by atoms with Crippen LogP contribution in [-0.2, 0) is 9.53 Å². The highest BCUT2D eigenvalue weighted by Gasteiger charge is 2.14. The molecule has 0 saturated carbocycles. The minimum Gasteiger partial charge on any atom is -0.394 e. The maximum absolute atomic E-state index is 11.5. The summed E-state index contributed by atoms with van der Waals surface area (Å²) >= 11 is 0. The second-order valence-corrected chi connectivity index (χ2v) is 4.87. The molecule has 2 N–H and O–H groups in total. The van der Waals surface area contributed by atoms with Gasteiger partial charge in [0, 0.05) is 12.1 Å². The number of amides is 1. The Bertz CT molecular complexity index is 202. The van der Waals surface area contributed by atoms with Crippen LogP contribution >= 0.6 is 0 Å². The molecule has 0 aliphatic carbocycles. The molecule has 1 amide bonds. The van der Waals surface area contributed by atoms with Crippen molar-refractivity contribution in [3.63, 3.8) is 0 Å². The van der Waals surface area contributed by atoms with E-state index in [2.05, 4.69) is 5.32 Å². The van der Waals surface area contributed by atoms with E-state index in [9.17, 15) is 4.79 Å². The average molecular weight is 232 g/mol. The first-order valence-corrected chi connectivity index (χ1v) is 5.53. The maximum Gasteiger partial charge on any atom is 0.234 e. The van der Waals surface area contributed by atoms with E-state index in [1.165, 1.54) is 0 Å². The number of carbonyl (C=O) groups is 1. The Morgan fingerprint density at radius 1 is 1.38 bits per heavy atom. The minimum absolute atomic E-state index is 0.0113. The van der Waals surface area contributed by atoms with Crippen LogP contribution in [0.4, 0.5) is 0 Å². The number of aliphatic hydroxyl groups excluding tert-OH is 1. The molecule has 0 rings (SSSR count). The number of nitrogens with zero attached hydrogens (tertiary/aromatic N) is 1. The molecule has 0 aromatic carbocycles. The lowest BCUT2D eigenvalue weighted by Crippen LogP contribution is -2.45. The first kappa shape index (κ1) is 15.3.